The van der Waals surface area contributed by atoms with Gasteiger partial charge in [0.15, 0.2) is 6.10 Å². The standard InChI is InChI=1S/C24H25FN2O3/c25-19-9-7-16(8-10-19)23(28)26-13-11-20-18(15-26)5-3-12-27(20)24(29)22-14-17-4-1-2-6-21(17)30-22/h1-2,4,6-10,18,20,22H,3,5,11-15H2/t18-,20+,22?/m1/s1. The third-order valence-electron chi connectivity index (χ3n) is 6.65. The third-order valence-corrected chi connectivity index (χ3v) is 6.65. The summed E-state index contributed by atoms with van der Waals surface area (Å²) in [5.74, 6) is 0.738. The molecule has 0 radical (unpaired) electrons. The Morgan fingerprint density at radius 3 is 2.60 bits per heavy atom. The molecule has 2 fully saturated rings. The molecule has 3 heterocycles. The summed E-state index contributed by atoms with van der Waals surface area (Å²) in [4.78, 5) is 30.0. The fourth-order valence-electron chi connectivity index (χ4n) is 5.14. The molecular formula is C24H25FN2O3. The Kier molecular flexibility index (Phi) is 4.93. The van der Waals surface area contributed by atoms with E-state index in [1.54, 1.807) is 0 Å². The summed E-state index contributed by atoms with van der Waals surface area (Å²) in [5, 5.41) is 0. The first-order valence-electron chi connectivity index (χ1n) is 10.7. The first-order chi connectivity index (χ1) is 14.6. The van der Waals surface area contributed by atoms with Gasteiger partial charge < -0.3 is 14.5 Å². The SMILES string of the molecule is O=C(c1ccc(F)cc1)N1CC[C@H]2[C@H](CCCN2C(=O)C2Cc3ccccc3O2)C1. The number of carbonyl (C=O) groups excluding carboxylic acids is 2. The Morgan fingerprint density at radius 2 is 1.80 bits per heavy atom. The van der Waals surface area contributed by atoms with Crippen molar-refractivity contribution in [2.75, 3.05) is 19.6 Å². The third kappa shape index (κ3) is 3.44. The molecule has 2 saturated heterocycles. The summed E-state index contributed by atoms with van der Waals surface area (Å²) in [6.07, 6.45) is 2.89. The first-order valence-corrected chi connectivity index (χ1v) is 10.7. The van der Waals surface area contributed by atoms with Crippen molar-refractivity contribution < 1.29 is 18.7 Å². The molecule has 3 atom stereocenters. The topological polar surface area (TPSA) is 49.9 Å². The minimum Gasteiger partial charge on any atom is -0.480 e. The van der Waals surface area contributed by atoms with Gasteiger partial charge in [-0.3, -0.25) is 9.59 Å². The Bertz CT molecular complexity index is 936. The van der Waals surface area contributed by atoms with Crippen LogP contribution < -0.4 is 4.74 Å². The van der Waals surface area contributed by atoms with Gasteiger partial charge in [0.1, 0.15) is 11.6 Å². The zero-order chi connectivity index (χ0) is 20.7. The maximum Gasteiger partial charge on any atom is 0.264 e. The van der Waals surface area contributed by atoms with E-state index in [0.29, 0.717) is 25.1 Å². The predicted molar refractivity (Wildman–Crippen MR) is 110 cm³/mol. The van der Waals surface area contributed by atoms with Crippen molar-refractivity contribution in [3.05, 3.63) is 65.5 Å². The van der Waals surface area contributed by atoms with Crippen LogP contribution in [0.5, 0.6) is 5.75 Å². The van der Waals surface area contributed by atoms with E-state index in [-0.39, 0.29) is 29.6 Å². The molecule has 2 aromatic rings. The van der Waals surface area contributed by atoms with Gasteiger partial charge in [-0.1, -0.05) is 18.2 Å². The van der Waals surface area contributed by atoms with Crippen molar-refractivity contribution in [3.63, 3.8) is 0 Å². The number of likely N-dealkylation sites (tertiary alicyclic amines) is 2. The average molecular weight is 408 g/mol. The molecule has 0 aliphatic carbocycles. The number of fused-ring (bicyclic) bond motifs is 2. The van der Waals surface area contributed by atoms with E-state index in [1.165, 1.54) is 24.3 Å². The van der Waals surface area contributed by atoms with Crippen LogP contribution in [0.1, 0.15) is 35.2 Å². The number of hydrogen-bond donors (Lipinski definition) is 0. The second-order valence-electron chi connectivity index (χ2n) is 8.47. The van der Waals surface area contributed by atoms with Crippen molar-refractivity contribution in [1.29, 1.82) is 0 Å². The molecule has 0 spiro atoms. The van der Waals surface area contributed by atoms with Gasteiger partial charge in [0, 0.05) is 37.7 Å². The lowest BCUT2D eigenvalue weighted by atomic mass is 9.83. The molecule has 156 valence electrons. The van der Waals surface area contributed by atoms with Crippen molar-refractivity contribution in [1.82, 2.24) is 9.80 Å². The van der Waals surface area contributed by atoms with Crippen LogP contribution in [-0.2, 0) is 11.2 Å². The highest BCUT2D eigenvalue weighted by molar-refractivity contribution is 5.94. The van der Waals surface area contributed by atoms with Gasteiger partial charge in [-0.05, 0) is 61.1 Å². The summed E-state index contributed by atoms with van der Waals surface area (Å²) in [6, 6.07) is 13.7. The largest absolute Gasteiger partial charge is 0.480 e. The molecule has 0 aromatic heterocycles. The molecule has 3 aliphatic rings. The van der Waals surface area contributed by atoms with Gasteiger partial charge in [0.05, 0.1) is 0 Å². The molecule has 5 rings (SSSR count). The van der Waals surface area contributed by atoms with Gasteiger partial charge in [-0.25, -0.2) is 4.39 Å². The second kappa shape index (κ2) is 7.74. The maximum absolute atomic E-state index is 13.3. The van der Waals surface area contributed by atoms with Gasteiger partial charge >= 0.3 is 0 Å². The highest BCUT2D eigenvalue weighted by Crippen LogP contribution is 2.34. The lowest BCUT2D eigenvalue weighted by Crippen LogP contribution is -2.58. The van der Waals surface area contributed by atoms with Crippen LogP contribution in [0.4, 0.5) is 4.39 Å². The Balaban J connectivity index is 1.26. The Labute approximate surface area is 175 Å². The molecule has 5 nitrogen and oxygen atoms in total. The van der Waals surface area contributed by atoms with Crippen molar-refractivity contribution in [2.24, 2.45) is 5.92 Å². The normalized spacial score (nSPS) is 25.3. The summed E-state index contributed by atoms with van der Waals surface area (Å²) >= 11 is 0. The van der Waals surface area contributed by atoms with Gasteiger partial charge in [-0.15, -0.1) is 0 Å². The van der Waals surface area contributed by atoms with Gasteiger partial charge in [-0.2, -0.15) is 0 Å². The van der Waals surface area contributed by atoms with Crippen molar-refractivity contribution in [3.8, 4) is 5.75 Å². The smallest absolute Gasteiger partial charge is 0.264 e. The van der Waals surface area contributed by atoms with E-state index < -0.39 is 6.10 Å². The Hall–Kier alpha value is -2.89. The van der Waals surface area contributed by atoms with Crippen LogP contribution in [0, 0.1) is 11.7 Å². The van der Waals surface area contributed by atoms with Crippen molar-refractivity contribution in [2.45, 2.75) is 37.8 Å². The van der Waals surface area contributed by atoms with Crippen molar-refractivity contribution >= 4 is 11.8 Å². The zero-order valence-corrected chi connectivity index (χ0v) is 16.8. The highest BCUT2D eigenvalue weighted by Gasteiger charge is 2.42. The monoisotopic (exact) mass is 408 g/mol. The maximum atomic E-state index is 13.3. The summed E-state index contributed by atoms with van der Waals surface area (Å²) < 4.78 is 19.1. The van der Waals surface area contributed by atoms with Gasteiger partial charge in [0.25, 0.3) is 11.8 Å². The van der Waals surface area contributed by atoms with Crippen LogP contribution in [-0.4, -0.2) is 53.4 Å². The van der Waals surface area contributed by atoms with Crippen LogP contribution in [0.3, 0.4) is 0 Å². The molecule has 3 aliphatic heterocycles. The van der Waals surface area contributed by atoms with E-state index in [9.17, 15) is 14.0 Å². The molecule has 2 amide bonds. The number of ether oxygens (including phenoxy) is 1. The minimum absolute atomic E-state index is 0.0634. The van der Waals surface area contributed by atoms with Crippen LogP contribution in [0.2, 0.25) is 0 Å². The number of rotatable bonds is 2. The quantitative estimate of drug-likeness (QED) is 0.766. The van der Waals surface area contributed by atoms with Gasteiger partial charge in [0.2, 0.25) is 0 Å². The summed E-state index contributed by atoms with van der Waals surface area (Å²) in [6.45, 7) is 1.99. The number of hydrogen-bond acceptors (Lipinski definition) is 3. The van der Waals surface area contributed by atoms with E-state index in [0.717, 1.165) is 37.1 Å². The lowest BCUT2D eigenvalue weighted by Gasteiger charge is -2.47. The molecule has 0 N–H and O–H groups in total. The molecule has 2 aromatic carbocycles. The van der Waals surface area contributed by atoms with Crippen LogP contribution in [0.25, 0.3) is 0 Å². The fraction of sp³-hybridized carbons (Fsp3) is 0.417. The summed E-state index contributed by atoms with van der Waals surface area (Å²) in [7, 11) is 0. The minimum atomic E-state index is -0.444. The van der Waals surface area contributed by atoms with Crippen LogP contribution >= 0.6 is 0 Å². The first kappa shape index (κ1) is 19.1. The second-order valence-corrected chi connectivity index (χ2v) is 8.47. The fourth-order valence-corrected chi connectivity index (χ4v) is 5.14. The molecule has 0 bridgehead atoms. The number of benzene rings is 2. The van der Waals surface area contributed by atoms with E-state index in [4.69, 9.17) is 4.74 Å². The summed E-state index contributed by atoms with van der Waals surface area (Å²) in [5.41, 5.74) is 1.60. The van der Waals surface area contributed by atoms with Crippen LogP contribution in [0.15, 0.2) is 48.5 Å². The molecule has 1 unspecified atom stereocenters. The number of amides is 2. The number of nitrogens with zero attached hydrogens (tertiary/aromatic N) is 2. The lowest BCUT2D eigenvalue weighted by molar-refractivity contribution is -0.144. The number of halogens is 1. The zero-order valence-electron chi connectivity index (χ0n) is 16.8. The molecule has 30 heavy (non-hydrogen) atoms. The van der Waals surface area contributed by atoms with E-state index >= 15 is 0 Å². The molecular weight excluding hydrogens is 383 g/mol. The Morgan fingerprint density at radius 1 is 1.00 bits per heavy atom. The predicted octanol–water partition coefficient (Wildman–Crippen LogP) is 3.28. The average Bonchev–Trinajstić information content (AvgIpc) is 3.22. The molecule has 0 saturated carbocycles. The highest BCUT2D eigenvalue weighted by atomic mass is 19.1. The number of piperidine rings is 2. The number of para-hydroxylation sites is 1. The molecule has 6 heteroatoms. The van der Waals surface area contributed by atoms with E-state index in [2.05, 4.69) is 0 Å². The number of carbonyl (C=O) groups is 2. The van der Waals surface area contributed by atoms with E-state index in [1.807, 2.05) is 34.1 Å².